The number of halogens is 4. The van der Waals surface area contributed by atoms with E-state index in [-0.39, 0.29) is 54.2 Å². The largest absolute Gasteiger partial charge is 0.378 e. The van der Waals surface area contributed by atoms with E-state index in [0.29, 0.717) is 89.0 Å². The number of hydrogen-bond acceptors (Lipinski definition) is 8. The first-order chi connectivity index (χ1) is 31.5. The molecule has 2 saturated heterocycles. The number of hydrogen-bond donors (Lipinski definition) is 3. The van der Waals surface area contributed by atoms with Crippen LogP contribution in [0.2, 0.25) is 5.02 Å². The number of guanidine groups is 1. The molecule has 65 heavy (non-hydrogen) atoms. The van der Waals surface area contributed by atoms with Crippen molar-refractivity contribution in [2.45, 2.75) is 55.8 Å². The highest BCUT2D eigenvalue weighted by molar-refractivity contribution is 6.31. The van der Waals surface area contributed by atoms with Crippen LogP contribution in [0.4, 0.5) is 22.8 Å². The summed E-state index contributed by atoms with van der Waals surface area (Å²) in [6, 6.07) is 25.7. The first kappa shape index (κ1) is 45.6. The Bertz CT molecular complexity index is 2440. The summed E-state index contributed by atoms with van der Waals surface area (Å²) in [7, 11) is 0. The van der Waals surface area contributed by atoms with Crippen molar-refractivity contribution in [2.24, 2.45) is 26.7 Å². The fraction of sp³-hybridized carbons (Fsp3) is 0.383. The van der Waals surface area contributed by atoms with Crippen LogP contribution < -0.4 is 16.8 Å². The van der Waals surface area contributed by atoms with E-state index in [1.165, 1.54) is 28.2 Å². The van der Waals surface area contributed by atoms with Gasteiger partial charge in [-0.3, -0.25) is 4.99 Å². The van der Waals surface area contributed by atoms with Gasteiger partial charge in [0.05, 0.1) is 55.1 Å². The molecule has 4 aromatic rings. The van der Waals surface area contributed by atoms with Crippen molar-refractivity contribution in [3.63, 3.8) is 0 Å². The number of benzene rings is 4. The van der Waals surface area contributed by atoms with Gasteiger partial charge in [0.1, 0.15) is 17.5 Å². The average Bonchev–Trinajstić information content (AvgIpc) is 3.93. The Balaban J connectivity index is 1.00. The quantitative estimate of drug-likeness (QED) is 0.0614. The molecule has 342 valence electrons. The van der Waals surface area contributed by atoms with Crippen LogP contribution >= 0.6 is 11.6 Å². The topological polar surface area (TPSA) is 167 Å². The van der Waals surface area contributed by atoms with Crippen LogP contribution in [0.5, 0.6) is 0 Å². The number of carbonyl (C=O) groups excluding carboxylic acids is 2. The van der Waals surface area contributed by atoms with Gasteiger partial charge in [0.25, 0.3) is 0 Å². The standard InChI is InChI=1S/C47H52ClF3N10O4/c48-34-12-14-38(50)36(28-34)40-31-47(33-10-5-2-6-11-33,61(56-40)45(63)59-22-26-65-27-23-59)18-16-42(52)55-43(53)54-19-7-17-46(32-8-3-1-4-9-32)30-41(37-29-35(49)13-15-39(37)51)57-60(46)44(62)58-20-24-64-25-21-58/h1-6,8-15,28-29,42H,7,16-27,30-31,52H2,(H3,53,54,55). The molecule has 2 fully saturated rings. The number of nitrogens with one attached hydrogen (secondary N) is 1. The van der Waals surface area contributed by atoms with Crippen LogP contribution in [0.25, 0.3) is 0 Å². The number of nitrogens with zero attached hydrogens (tertiary/aromatic N) is 7. The Morgan fingerprint density at radius 2 is 1.22 bits per heavy atom. The molecule has 8 rings (SSSR count). The van der Waals surface area contributed by atoms with Gasteiger partial charge < -0.3 is 36.1 Å². The number of aliphatic imine (C=N–C) groups is 1. The monoisotopic (exact) mass is 912 g/mol. The van der Waals surface area contributed by atoms with E-state index in [2.05, 4.69) is 10.3 Å². The lowest BCUT2D eigenvalue weighted by molar-refractivity contribution is 0.0287. The summed E-state index contributed by atoms with van der Waals surface area (Å²) in [6.45, 7) is 3.18. The normalized spacial score (nSPS) is 21.9. The molecule has 0 radical (unpaired) electrons. The smallest absolute Gasteiger partial charge is 0.341 e. The third kappa shape index (κ3) is 9.83. The van der Waals surface area contributed by atoms with Crippen LogP contribution in [0.1, 0.15) is 60.8 Å². The molecule has 3 atom stereocenters. The summed E-state index contributed by atoms with van der Waals surface area (Å²) in [6.07, 6.45) is 0.962. The molecular formula is C47H52ClF3N10O4. The molecule has 18 heteroatoms. The Morgan fingerprint density at radius 3 is 1.75 bits per heavy atom. The van der Waals surface area contributed by atoms with E-state index in [4.69, 9.17) is 42.7 Å². The lowest BCUT2D eigenvalue weighted by Crippen LogP contribution is -2.53. The number of ether oxygens (including phenoxy) is 2. The summed E-state index contributed by atoms with van der Waals surface area (Å²) in [5, 5.41) is 15.9. The Kier molecular flexibility index (Phi) is 14.0. The lowest BCUT2D eigenvalue weighted by atomic mass is 9.80. The fourth-order valence-electron chi connectivity index (χ4n) is 9.07. The van der Waals surface area contributed by atoms with Gasteiger partial charge in [0.15, 0.2) is 5.96 Å². The van der Waals surface area contributed by atoms with Crippen LogP contribution in [0.15, 0.2) is 112 Å². The van der Waals surface area contributed by atoms with E-state index in [0.717, 1.165) is 29.3 Å². The molecular weight excluding hydrogens is 861 g/mol. The predicted octanol–water partition coefficient (Wildman–Crippen LogP) is 6.72. The molecule has 14 nitrogen and oxygen atoms in total. The minimum Gasteiger partial charge on any atom is -0.378 e. The Hall–Kier alpha value is -6.01. The Morgan fingerprint density at radius 1 is 0.723 bits per heavy atom. The zero-order valence-corrected chi connectivity index (χ0v) is 36.6. The molecule has 0 aliphatic carbocycles. The van der Waals surface area contributed by atoms with Gasteiger partial charge in [0.2, 0.25) is 0 Å². The van der Waals surface area contributed by atoms with Crippen LogP contribution in [0.3, 0.4) is 0 Å². The van der Waals surface area contributed by atoms with E-state index >= 15 is 8.78 Å². The second-order valence-electron chi connectivity index (χ2n) is 16.5. The van der Waals surface area contributed by atoms with Crippen molar-refractivity contribution in [3.8, 4) is 0 Å². The van der Waals surface area contributed by atoms with Crippen LogP contribution in [0, 0.1) is 17.5 Å². The van der Waals surface area contributed by atoms with Gasteiger partial charge in [0, 0.05) is 61.7 Å². The second kappa shape index (κ2) is 20.0. The summed E-state index contributed by atoms with van der Waals surface area (Å²) in [5.41, 5.74) is 13.4. The van der Waals surface area contributed by atoms with Gasteiger partial charge in [-0.1, -0.05) is 72.3 Å². The number of hydrazone groups is 2. The molecule has 0 aromatic heterocycles. The van der Waals surface area contributed by atoms with Crippen LogP contribution in [-0.4, -0.2) is 115 Å². The molecule has 4 heterocycles. The van der Waals surface area contributed by atoms with E-state index < -0.39 is 34.7 Å². The SMILES string of the molecule is NC(=NCCCC1(c2ccccc2)CC(c2cc(F)ccc2F)=NN1C(=O)N1CCOCC1)NC(N)CCC1(c2ccccc2)CC(c2cc(Cl)ccc2F)=NN1C(=O)N1CCOCC1. The van der Waals surface area contributed by atoms with Crippen molar-refractivity contribution in [1.29, 1.82) is 0 Å². The molecule has 4 aliphatic rings. The number of amides is 4. The summed E-state index contributed by atoms with van der Waals surface area (Å²) in [5.74, 6) is -1.69. The molecule has 0 bridgehead atoms. The Labute approximate surface area is 380 Å². The van der Waals surface area contributed by atoms with Crippen molar-refractivity contribution < 1.29 is 32.2 Å². The number of nitrogens with two attached hydrogens (primary N) is 2. The van der Waals surface area contributed by atoms with Gasteiger partial charge in [-0.15, -0.1) is 0 Å². The maximum Gasteiger partial charge on any atom is 0.341 e. The minimum atomic E-state index is -1.06. The maximum absolute atomic E-state index is 15.4. The summed E-state index contributed by atoms with van der Waals surface area (Å²) < 4.78 is 56.2. The molecule has 0 saturated carbocycles. The zero-order valence-electron chi connectivity index (χ0n) is 35.9. The molecule has 5 N–H and O–H groups in total. The lowest BCUT2D eigenvalue weighted by Gasteiger charge is -2.40. The van der Waals surface area contributed by atoms with Gasteiger partial charge in [-0.05, 0) is 73.2 Å². The summed E-state index contributed by atoms with van der Waals surface area (Å²) in [4.78, 5) is 36.6. The first-order valence-electron chi connectivity index (χ1n) is 21.8. The first-order valence-corrected chi connectivity index (χ1v) is 22.2. The third-order valence-corrected chi connectivity index (χ3v) is 12.7. The van der Waals surface area contributed by atoms with E-state index in [1.807, 2.05) is 60.7 Å². The molecule has 3 unspecified atom stereocenters. The highest BCUT2D eigenvalue weighted by Crippen LogP contribution is 2.46. The maximum atomic E-state index is 15.4. The van der Waals surface area contributed by atoms with E-state index in [9.17, 15) is 14.0 Å². The highest BCUT2D eigenvalue weighted by atomic mass is 35.5. The fourth-order valence-corrected chi connectivity index (χ4v) is 9.24. The number of urea groups is 2. The van der Waals surface area contributed by atoms with Gasteiger partial charge >= 0.3 is 12.1 Å². The van der Waals surface area contributed by atoms with Gasteiger partial charge in [-0.2, -0.15) is 10.2 Å². The molecule has 4 aromatic carbocycles. The average molecular weight is 913 g/mol. The zero-order chi connectivity index (χ0) is 45.6. The molecule has 0 spiro atoms. The highest BCUT2D eigenvalue weighted by Gasteiger charge is 2.50. The third-order valence-electron chi connectivity index (χ3n) is 12.4. The molecule has 4 aliphatic heterocycles. The van der Waals surface area contributed by atoms with Crippen molar-refractivity contribution in [3.05, 3.63) is 142 Å². The second-order valence-corrected chi connectivity index (χ2v) is 17.0. The number of morpholine rings is 2. The van der Waals surface area contributed by atoms with Crippen molar-refractivity contribution in [1.82, 2.24) is 25.1 Å². The van der Waals surface area contributed by atoms with Gasteiger partial charge in [-0.25, -0.2) is 32.8 Å². The van der Waals surface area contributed by atoms with E-state index in [1.54, 1.807) is 9.80 Å². The number of rotatable bonds is 12. The summed E-state index contributed by atoms with van der Waals surface area (Å²) >= 11 is 6.33. The van der Waals surface area contributed by atoms with Crippen LogP contribution in [-0.2, 0) is 20.6 Å². The van der Waals surface area contributed by atoms with Crippen molar-refractivity contribution in [2.75, 3.05) is 59.2 Å². The minimum absolute atomic E-state index is 0.0114. The number of carbonyl (C=O) groups is 2. The predicted molar refractivity (Wildman–Crippen MR) is 242 cm³/mol. The molecule has 4 amide bonds. The van der Waals surface area contributed by atoms with Crippen molar-refractivity contribution >= 4 is 41.0 Å².